The summed E-state index contributed by atoms with van der Waals surface area (Å²) in [6.45, 7) is 1.71. The van der Waals surface area contributed by atoms with Gasteiger partial charge in [-0.15, -0.1) is 0 Å². The maximum atomic E-state index is 11.7. The predicted octanol–water partition coefficient (Wildman–Crippen LogP) is 0.410. The minimum Gasteiger partial charge on any atom is -0.450 e. The van der Waals surface area contributed by atoms with E-state index in [-0.39, 0.29) is 6.61 Å². The topological polar surface area (TPSA) is 87.7 Å². The standard InChI is InChI=1S/C13H18N2O4/c1-2-19-13(18)15-11(9-16)12(17)14-8-10-6-4-3-5-7-10/h3-7,11,16H,2,8-9H2,1H3,(H,14,17)(H,15,18). The van der Waals surface area contributed by atoms with Crippen LogP contribution in [0.25, 0.3) is 0 Å². The molecule has 104 valence electrons. The molecule has 0 aromatic heterocycles. The number of hydrogen-bond acceptors (Lipinski definition) is 4. The van der Waals surface area contributed by atoms with Gasteiger partial charge >= 0.3 is 6.09 Å². The molecule has 0 aliphatic carbocycles. The summed E-state index contributed by atoms with van der Waals surface area (Å²) in [7, 11) is 0. The van der Waals surface area contributed by atoms with Gasteiger partial charge in [-0.1, -0.05) is 30.3 Å². The Labute approximate surface area is 111 Å². The Morgan fingerprint density at radius 1 is 1.32 bits per heavy atom. The highest BCUT2D eigenvalue weighted by atomic mass is 16.5. The van der Waals surface area contributed by atoms with Crippen molar-refractivity contribution in [1.82, 2.24) is 10.6 Å². The van der Waals surface area contributed by atoms with Crippen molar-refractivity contribution in [2.75, 3.05) is 13.2 Å². The third kappa shape index (κ3) is 5.39. The smallest absolute Gasteiger partial charge is 0.407 e. The average Bonchev–Trinajstić information content (AvgIpc) is 2.43. The van der Waals surface area contributed by atoms with E-state index >= 15 is 0 Å². The zero-order chi connectivity index (χ0) is 14.1. The van der Waals surface area contributed by atoms with Crippen LogP contribution in [-0.4, -0.2) is 36.4 Å². The van der Waals surface area contributed by atoms with Crippen LogP contribution in [0.15, 0.2) is 30.3 Å². The monoisotopic (exact) mass is 266 g/mol. The first-order valence-corrected chi connectivity index (χ1v) is 6.03. The van der Waals surface area contributed by atoms with Crippen LogP contribution in [0.1, 0.15) is 12.5 Å². The molecule has 0 radical (unpaired) electrons. The minimum absolute atomic E-state index is 0.204. The summed E-state index contributed by atoms with van der Waals surface area (Å²) in [5, 5.41) is 14.0. The van der Waals surface area contributed by atoms with Crippen molar-refractivity contribution in [1.29, 1.82) is 0 Å². The largest absolute Gasteiger partial charge is 0.450 e. The number of benzene rings is 1. The van der Waals surface area contributed by atoms with Gasteiger partial charge in [-0.25, -0.2) is 4.79 Å². The summed E-state index contributed by atoms with van der Waals surface area (Å²) in [5.41, 5.74) is 0.934. The van der Waals surface area contributed by atoms with Crippen LogP contribution < -0.4 is 10.6 Å². The van der Waals surface area contributed by atoms with Crippen molar-refractivity contribution in [3.05, 3.63) is 35.9 Å². The van der Waals surface area contributed by atoms with Gasteiger partial charge in [-0.3, -0.25) is 4.79 Å². The Morgan fingerprint density at radius 2 is 2.00 bits per heavy atom. The molecule has 1 atom stereocenters. The van der Waals surface area contributed by atoms with Crippen molar-refractivity contribution < 1.29 is 19.4 Å². The van der Waals surface area contributed by atoms with Crippen LogP contribution in [0, 0.1) is 0 Å². The first kappa shape index (κ1) is 15.0. The van der Waals surface area contributed by atoms with Crippen molar-refractivity contribution in [2.45, 2.75) is 19.5 Å². The second kappa shape index (κ2) is 8.10. The highest BCUT2D eigenvalue weighted by Crippen LogP contribution is 1.97. The SMILES string of the molecule is CCOC(=O)NC(CO)C(=O)NCc1ccccc1. The van der Waals surface area contributed by atoms with Gasteiger partial charge in [0, 0.05) is 6.54 Å². The fraction of sp³-hybridized carbons (Fsp3) is 0.385. The van der Waals surface area contributed by atoms with Crippen LogP contribution in [-0.2, 0) is 16.1 Å². The fourth-order valence-electron chi connectivity index (χ4n) is 1.42. The van der Waals surface area contributed by atoms with E-state index in [1.807, 2.05) is 30.3 Å². The zero-order valence-corrected chi connectivity index (χ0v) is 10.8. The van der Waals surface area contributed by atoms with Gasteiger partial charge < -0.3 is 20.5 Å². The quantitative estimate of drug-likeness (QED) is 0.696. The highest BCUT2D eigenvalue weighted by molar-refractivity contribution is 5.85. The Hall–Kier alpha value is -2.08. The van der Waals surface area contributed by atoms with E-state index in [1.54, 1.807) is 6.92 Å². The molecule has 0 aliphatic heterocycles. The summed E-state index contributed by atoms with van der Waals surface area (Å²) >= 11 is 0. The summed E-state index contributed by atoms with van der Waals surface area (Å²) in [6.07, 6.45) is -0.726. The number of alkyl carbamates (subject to hydrolysis) is 1. The minimum atomic E-state index is -1.01. The van der Waals surface area contributed by atoms with Gasteiger partial charge in [-0.2, -0.15) is 0 Å². The molecular weight excluding hydrogens is 248 g/mol. The molecule has 3 N–H and O–H groups in total. The number of nitrogens with one attached hydrogen (secondary N) is 2. The van der Waals surface area contributed by atoms with Crippen LogP contribution in [0.2, 0.25) is 0 Å². The lowest BCUT2D eigenvalue weighted by molar-refractivity contribution is -0.124. The maximum Gasteiger partial charge on any atom is 0.407 e. The lowest BCUT2D eigenvalue weighted by Gasteiger charge is -2.15. The van der Waals surface area contributed by atoms with Crippen molar-refractivity contribution in [3.63, 3.8) is 0 Å². The van der Waals surface area contributed by atoms with Crippen LogP contribution in [0.5, 0.6) is 0 Å². The second-order valence-electron chi connectivity index (χ2n) is 3.80. The molecular formula is C13H18N2O4. The number of aliphatic hydroxyl groups is 1. The number of amides is 2. The molecule has 0 fully saturated rings. The molecule has 0 saturated heterocycles. The summed E-state index contributed by atoms with van der Waals surface area (Å²) < 4.78 is 4.65. The molecule has 2 amide bonds. The number of carbonyl (C=O) groups excluding carboxylic acids is 2. The summed E-state index contributed by atoms with van der Waals surface area (Å²) in [4.78, 5) is 22.9. The predicted molar refractivity (Wildman–Crippen MR) is 69.3 cm³/mol. The third-order valence-electron chi connectivity index (χ3n) is 2.38. The number of carbonyl (C=O) groups is 2. The number of aliphatic hydroxyl groups excluding tert-OH is 1. The first-order chi connectivity index (χ1) is 9.17. The van der Waals surface area contributed by atoms with Gasteiger partial charge in [0.05, 0.1) is 13.2 Å². The molecule has 19 heavy (non-hydrogen) atoms. The normalized spacial score (nSPS) is 11.5. The Morgan fingerprint density at radius 3 is 2.58 bits per heavy atom. The fourth-order valence-corrected chi connectivity index (χ4v) is 1.42. The van der Waals surface area contributed by atoms with E-state index < -0.39 is 24.6 Å². The van der Waals surface area contributed by atoms with Gasteiger partial charge in [0.15, 0.2) is 0 Å². The first-order valence-electron chi connectivity index (χ1n) is 6.03. The summed E-state index contributed by atoms with van der Waals surface area (Å²) in [5.74, 6) is -0.459. The lowest BCUT2D eigenvalue weighted by atomic mass is 10.2. The highest BCUT2D eigenvalue weighted by Gasteiger charge is 2.19. The van der Waals surface area contributed by atoms with E-state index in [1.165, 1.54) is 0 Å². The molecule has 1 unspecified atom stereocenters. The number of ether oxygens (including phenoxy) is 1. The van der Waals surface area contributed by atoms with Crippen LogP contribution in [0.4, 0.5) is 4.79 Å². The average molecular weight is 266 g/mol. The van der Waals surface area contributed by atoms with E-state index in [9.17, 15) is 9.59 Å². The zero-order valence-electron chi connectivity index (χ0n) is 10.8. The van der Waals surface area contributed by atoms with Crippen molar-refractivity contribution in [3.8, 4) is 0 Å². The molecule has 0 bridgehead atoms. The lowest BCUT2D eigenvalue weighted by Crippen LogP contribution is -2.48. The molecule has 1 aromatic carbocycles. The number of rotatable bonds is 6. The third-order valence-corrected chi connectivity index (χ3v) is 2.38. The molecule has 0 aliphatic rings. The van der Waals surface area contributed by atoms with E-state index in [0.29, 0.717) is 6.54 Å². The Bertz CT molecular complexity index is 408. The van der Waals surface area contributed by atoms with Gasteiger partial charge in [-0.05, 0) is 12.5 Å². The van der Waals surface area contributed by atoms with Crippen molar-refractivity contribution >= 4 is 12.0 Å². The van der Waals surface area contributed by atoms with Gasteiger partial charge in [0.2, 0.25) is 5.91 Å². The molecule has 1 aromatic rings. The molecule has 0 heterocycles. The van der Waals surface area contributed by atoms with Crippen LogP contribution >= 0.6 is 0 Å². The molecule has 0 saturated carbocycles. The van der Waals surface area contributed by atoms with E-state index in [2.05, 4.69) is 15.4 Å². The molecule has 0 spiro atoms. The Kier molecular flexibility index (Phi) is 6.38. The van der Waals surface area contributed by atoms with Gasteiger partial charge in [0.1, 0.15) is 6.04 Å². The maximum absolute atomic E-state index is 11.7. The summed E-state index contributed by atoms with van der Waals surface area (Å²) in [6, 6.07) is 8.33. The Balaban J connectivity index is 2.43. The van der Waals surface area contributed by atoms with E-state index in [0.717, 1.165) is 5.56 Å². The molecule has 6 heteroatoms. The van der Waals surface area contributed by atoms with Crippen LogP contribution in [0.3, 0.4) is 0 Å². The van der Waals surface area contributed by atoms with Crippen molar-refractivity contribution in [2.24, 2.45) is 0 Å². The van der Waals surface area contributed by atoms with Gasteiger partial charge in [0.25, 0.3) is 0 Å². The van der Waals surface area contributed by atoms with E-state index in [4.69, 9.17) is 5.11 Å². The molecule has 6 nitrogen and oxygen atoms in total. The second-order valence-corrected chi connectivity index (χ2v) is 3.80. The number of hydrogen-bond donors (Lipinski definition) is 3. The molecule has 1 rings (SSSR count).